The van der Waals surface area contributed by atoms with Gasteiger partial charge in [-0.05, 0) is 44.9 Å². The number of aliphatic hydroxyl groups is 11. The van der Waals surface area contributed by atoms with Gasteiger partial charge in [0.2, 0.25) is 11.8 Å². The van der Waals surface area contributed by atoms with Crippen LogP contribution in [0.1, 0.15) is 323 Å². The average molecular weight is 1460 g/mol. The van der Waals surface area contributed by atoms with Crippen molar-refractivity contribution in [2.75, 3.05) is 26.4 Å². The first-order chi connectivity index (χ1) is 49.4. The molecule has 0 bridgehead atoms. The van der Waals surface area contributed by atoms with E-state index in [1.165, 1.54) is 205 Å². The Hall–Kier alpha value is -2.79. The van der Waals surface area contributed by atoms with Crippen LogP contribution in [0, 0.1) is 0 Å². The molecule has 3 aliphatic rings. The standard InChI is InChI=1S/C79H146N2O21/c1-4-6-8-10-12-14-16-18-20-22-24-26-28-29-31-32-34-36-38-40-42-44-46-48-50-52-61(86)60(81-66(89)53-51-49-47-45-43-41-39-37-35-33-30-27-25-23-21-19-17-15-13-11-9-7-5-2)58-97-76-71(93)70(92)73(65(57-84)99-76)100-77-72(94)75(69(91)64(56-83)98-77)102-79(78(95)96)54-62(87)67(80-59(3)85)74(101-79)68(90)63(88)55-82/h33,35,50,52,60-65,67-77,82-84,86-88,90-94H,4-32,34,36-49,51,53-58H2,1-3H3,(H,80,85)(H,81,89)(H,95,96)/b35-33-,52-50+. The number of carbonyl (C=O) groups excluding carboxylic acids is 2. The van der Waals surface area contributed by atoms with Gasteiger partial charge in [-0.2, -0.15) is 0 Å². The minimum absolute atomic E-state index is 0.197. The summed E-state index contributed by atoms with van der Waals surface area (Å²) in [5.41, 5.74) is 0. The molecule has 18 unspecified atom stereocenters. The molecule has 0 saturated carbocycles. The maximum Gasteiger partial charge on any atom is 0.364 e. The number of aliphatic carboxylic acids is 1. The van der Waals surface area contributed by atoms with Gasteiger partial charge in [-0.15, -0.1) is 0 Å². The van der Waals surface area contributed by atoms with Crippen LogP contribution in [0.2, 0.25) is 0 Å². The topological polar surface area (TPSA) is 373 Å². The minimum atomic E-state index is -3.08. The summed E-state index contributed by atoms with van der Waals surface area (Å²) in [7, 11) is 0. The number of rotatable bonds is 64. The highest BCUT2D eigenvalue weighted by atomic mass is 16.8. The first kappa shape index (κ1) is 93.4. The predicted molar refractivity (Wildman–Crippen MR) is 394 cm³/mol. The Labute approximate surface area is 613 Å². The lowest BCUT2D eigenvalue weighted by atomic mass is 9.88. The molecule has 0 aromatic rings. The molecule has 0 aliphatic carbocycles. The molecule has 14 N–H and O–H groups in total. The summed E-state index contributed by atoms with van der Waals surface area (Å²) in [4.78, 5) is 38.7. The summed E-state index contributed by atoms with van der Waals surface area (Å²) >= 11 is 0. The Kier molecular flexibility index (Phi) is 53.4. The smallest absolute Gasteiger partial charge is 0.364 e. The van der Waals surface area contributed by atoms with E-state index in [2.05, 4.69) is 36.6 Å². The molecule has 2 amide bonds. The van der Waals surface area contributed by atoms with Crippen molar-refractivity contribution in [3.05, 3.63) is 24.3 Å². The predicted octanol–water partition coefficient (Wildman–Crippen LogP) is 10.7. The Morgan fingerprint density at radius 3 is 1.33 bits per heavy atom. The van der Waals surface area contributed by atoms with Gasteiger partial charge >= 0.3 is 5.97 Å². The van der Waals surface area contributed by atoms with Crippen LogP contribution in [-0.4, -0.2) is 215 Å². The van der Waals surface area contributed by atoms with Gasteiger partial charge in [0.05, 0.1) is 50.7 Å². The molecule has 0 spiro atoms. The summed E-state index contributed by atoms with van der Waals surface area (Å²) in [6.07, 6.45) is 35.0. The molecule has 3 aliphatic heterocycles. The monoisotopic (exact) mass is 1460 g/mol. The van der Waals surface area contributed by atoms with Crippen molar-refractivity contribution in [2.45, 2.75) is 432 Å². The normalized spacial score (nSPS) is 26.7. The Bertz CT molecular complexity index is 2130. The second-order valence-electron chi connectivity index (χ2n) is 29.6. The number of carboxylic acid groups (broad SMARTS) is 1. The van der Waals surface area contributed by atoms with E-state index in [0.29, 0.717) is 12.8 Å². The number of nitrogens with one attached hydrogen (secondary N) is 2. The zero-order valence-corrected chi connectivity index (χ0v) is 63.2. The van der Waals surface area contributed by atoms with Gasteiger partial charge in [0, 0.05) is 19.8 Å². The first-order valence-electron chi connectivity index (χ1n) is 40.7. The van der Waals surface area contributed by atoms with E-state index >= 15 is 0 Å². The molecule has 23 heteroatoms. The van der Waals surface area contributed by atoms with E-state index in [4.69, 9.17) is 28.4 Å². The maximum absolute atomic E-state index is 13.5. The summed E-state index contributed by atoms with van der Waals surface area (Å²) in [5, 5.41) is 136. The molecule has 18 atom stereocenters. The molecule has 598 valence electrons. The maximum atomic E-state index is 13.5. The van der Waals surface area contributed by atoms with Gasteiger partial charge in [0.1, 0.15) is 67.1 Å². The summed E-state index contributed by atoms with van der Waals surface area (Å²) < 4.78 is 34.9. The second-order valence-corrected chi connectivity index (χ2v) is 29.6. The number of unbranched alkanes of at least 4 members (excludes halogenated alkanes) is 42. The summed E-state index contributed by atoms with van der Waals surface area (Å²) in [6, 6.07) is -2.62. The van der Waals surface area contributed by atoms with Crippen molar-refractivity contribution in [1.82, 2.24) is 10.6 Å². The lowest BCUT2D eigenvalue weighted by Gasteiger charge is -2.50. The first-order valence-corrected chi connectivity index (χ1v) is 40.7. The van der Waals surface area contributed by atoms with Gasteiger partial charge in [-0.25, -0.2) is 4.79 Å². The highest BCUT2D eigenvalue weighted by molar-refractivity contribution is 5.77. The zero-order valence-electron chi connectivity index (χ0n) is 63.2. The van der Waals surface area contributed by atoms with Crippen molar-refractivity contribution in [3.8, 4) is 0 Å². The van der Waals surface area contributed by atoms with Crippen molar-refractivity contribution < 1.29 is 104 Å². The third-order valence-corrected chi connectivity index (χ3v) is 20.6. The number of hydrogen-bond acceptors (Lipinski definition) is 20. The van der Waals surface area contributed by atoms with Crippen molar-refractivity contribution >= 4 is 17.8 Å². The Morgan fingerprint density at radius 1 is 0.510 bits per heavy atom. The lowest BCUT2D eigenvalue weighted by Crippen LogP contribution is -2.70. The Balaban J connectivity index is 1.53. The third-order valence-electron chi connectivity index (χ3n) is 20.6. The van der Waals surface area contributed by atoms with Gasteiger partial charge in [-0.1, -0.05) is 282 Å². The van der Waals surface area contributed by atoms with Gasteiger partial charge in [0.25, 0.3) is 5.79 Å². The fourth-order valence-corrected chi connectivity index (χ4v) is 14.2. The molecule has 23 nitrogen and oxygen atoms in total. The lowest BCUT2D eigenvalue weighted by molar-refractivity contribution is -0.386. The minimum Gasteiger partial charge on any atom is -0.477 e. The zero-order chi connectivity index (χ0) is 74.6. The quantitative estimate of drug-likeness (QED) is 0.0199. The molecule has 0 aromatic carbocycles. The van der Waals surface area contributed by atoms with Crippen LogP contribution in [0.4, 0.5) is 0 Å². The Morgan fingerprint density at radius 2 is 0.922 bits per heavy atom. The number of aliphatic hydroxyl groups excluding tert-OH is 11. The third kappa shape index (κ3) is 38.3. The highest BCUT2D eigenvalue weighted by Crippen LogP contribution is 2.39. The SMILES string of the molecule is CCCCCCCCCCCCCC/C=C\CCCCCCCCCC(=O)NC(COC1OC(CO)C(OC2OC(CO)C(O)C(OC3(C(=O)O)CC(O)C(NC(C)=O)C(C(O)C(O)CO)O3)C2O)C(O)C1O)C(O)/C=C/CCCCCCCCCCCCCCCCCCCCCCCCC. The number of carbonyl (C=O) groups is 3. The van der Waals surface area contributed by atoms with Crippen LogP contribution < -0.4 is 10.6 Å². The molecule has 102 heavy (non-hydrogen) atoms. The average Bonchev–Trinajstić information content (AvgIpc) is 0.755. The number of hydrogen-bond donors (Lipinski definition) is 14. The highest BCUT2D eigenvalue weighted by Gasteiger charge is 2.60. The van der Waals surface area contributed by atoms with E-state index in [1.807, 2.05) is 6.08 Å². The van der Waals surface area contributed by atoms with Crippen LogP contribution in [-0.2, 0) is 42.8 Å². The van der Waals surface area contributed by atoms with E-state index in [1.54, 1.807) is 6.08 Å². The number of ether oxygens (including phenoxy) is 6. The second kappa shape index (κ2) is 58.3. The fraction of sp³-hybridized carbons (Fsp3) is 0.911. The van der Waals surface area contributed by atoms with Crippen LogP contribution in [0.5, 0.6) is 0 Å². The van der Waals surface area contributed by atoms with Crippen molar-refractivity contribution in [1.29, 1.82) is 0 Å². The molecule has 0 radical (unpaired) electrons. The molecule has 3 rings (SSSR count). The summed E-state index contributed by atoms with van der Waals surface area (Å²) in [6.45, 7) is 2.19. The number of carboxylic acids is 1. The molecule has 3 fully saturated rings. The molecular formula is C79H146N2O21. The van der Waals surface area contributed by atoms with E-state index in [9.17, 15) is 75.7 Å². The summed E-state index contributed by atoms with van der Waals surface area (Å²) in [5.74, 6) is -6.14. The molecule has 3 saturated heterocycles. The molecular weight excluding hydrogens is 1310 g/mol. The molecule has 0 aromatic heterocycles. The van der Waals surface area contributed by atoms with Gasteiger partial charge in [0.15, 0.2) is 12.6 Å². The number of allylic oxidation sites excluding steroid dienone is 3. The van der Waals surface area contributed by atoms with E-state index < -0.39 is 155 Å². The van der Waals surface area contributed by atoms with Crippen LogP contribution in [0.3, 0.4) is 0 Å². The van der Waals surface area contributed by atoms with Gasteiger partial charge in [-0.3, -0.25) is 9.59 Å². The van der Waals surface area contributed by atoms with E-state index in [0.717, 1.165) is 77.6 Å². The van der Waals surface area contributed by atoms with Crippen molar-refractivity contribution in [2.24, 2.45) is 0 Å². The molecule has 3 heterocycles. The number of amides is 2. The van der Waals surface area contributed by atoms with Crippen LogP contribution in [0.25, 0.3) is 0 Å². The van der Waals surface area contributed by atoms with Gasteiger partial charge < -0.3 is 100 Å². The fourth-order valence-electron chi connectivity index (χ4n) is 14.2. The largest absolute Gasteiger partial charge is 0.477 e. The van der Waals surface area contributed by atoms with Crippen molar-refractivity contribution in [3.63, 3.8) is 0 Å². The van der Waals surface area contributed by atoms with Crippen LogP contribution in [0.15, 0.2) is 24.3 Å². The van der Waals surface area contributed by atoms with E-state index in [-0.39, 0.29) is 12.3 Å². The van der Waals surface area contributed by atoms with Crippen LogP contribution >= 0.6 is 0 Å².